The van der Waals surface area contributed by atoms with Gasteiger partial charge in [-0.3, -0.25) is 0 Å². The van der Waals surface area contributed by atoms with Crippen molar-refractivity contribution in [1.29, 1.82) is 5.26 Å². The van der Waals surface area contributed by atoms with E-state index in [4.69, 9.17) is 21.1 Å². The molecule has 0 amide bonds. The smallest absolute Gasteiger partial charge is 0.231 e. The third-order valence-corrected chi connectivity index (χ3v) is 3.88. The monoisotopic (exact) mass is 323 g/mol. The molecule has 2 heterocycles. The van der Waals surface area contributed by atoms with Gasteiger partial charge in [0.2, 0.25) is 6.79 Å². The fraction of sp³-hybridized carbons (Fsp3) is 0.0588. The first-order valence-electron chi connectivity index (χ1n) is 6.90. The summed E-state index contributed by atoms with van der Waals surface area (Å²) in [7, 11) is 0. The second-order valence-electron chi connectivity index (χ2n) is 5.00. The minimum absolute atomic E-state index is 0.174. The maximum atomic E-state index is 9.47. The summed E-state index contributed by atoms with van der Waals surface area (Å²) in [4.78, 5) is 7.57. The number of nitrogens with zero attached hydrogens (tertiary/aromatic N) is 2. The molecule has 112 valence electrons. The second kappa shape index (κ2) is 5.34. The van der Waals surface area contributed by atoms with Gasteiger partial charge in [0.25, 0.3) is 0 Å². The van der Waals surface area contributed by atoms with Crippen LogP contribution in [0.1, 0.15) is 11.4 Å². The predicted molar refractivity (Wildman–Crippen MR) is 87.2 cm³/mol. The van der Waals surface area contributed by atoms with E-state index < -0.39 is 0 Å². The summed E-state index contributed by atoms with van der Waals surface area (Å²) in [6.07, 6.45) is 1.68. The van der Waals surface area contributed by atoms with Crippen molar-refractivity contribution in [3.05, 3.63) is 52.8 Å². The van der Waals surface area contributed by atoms with Crippen molar-refractivity contribution in [2.75, 3.05) is 6.79 Å². The van der Waals surface area contributed by atoms with Gasteiger partial charge in [0.15, 0.2) is 11.5 Å². The molecule has 1 aliphatic heterocycles. The SMILES string of the molecule is N#C/C(=C/c1cc2c(cc1Cl)OCO2)c1nc2ccccc2[nH]1. The lowest BCUT2D eigenvalue weighted by molar-refractivity contribution is 0.174. The van der Waals surface area contributed by atoms with Gasteiger partial charge in [-0.1, -0.05) is 23.7 Å². The molecule has 1 aromatic heterocycles. The van der Waals surface area contributed by atoms with Gasteiger partial charge in [-0.15, -0.1) is 0 Å². The van der Waals surface area contributed by atoms with E-state index in [2.05, 4.69) is 16.0 Å². The quantitative estimate of drug-likeness (QED) is 0.723. The van der Waals surface area contributed by atoms with E-state index in [9.17, 15) is 5.26 Å². The molecule has 4 rings (SSSR count). The normalized spacial score (nSPS) is 13.3. The van der Waals surface area contributed by atoms with Gasteiger partial charge in [-0.05, 0) is 29.8 Å². The Morgan fingerprint density at radius 3 is 2.83 bits per heavy atom. The average molecular weight is 324 g/mol. The molecule has 6 heteroatoms. The molecule has 0 saturated heterocycles. The molecule has 0 unspecified atom stereocenters. The molecule has 3 aromatic rings. The predicted octanol–water partition coefficient (Wildman–Crippen LogP) is 4.01. The zero-order valence-corrected chi connectivity index (χ0v) is 12.6. The van der Waals surface area contributed by atoms with Crippen LogP contribution in [0.4, 0.5) is 0 Å². The Labute approximate surface area is 136 Å². The van der Waals surface area contributed by atoms with Crippen LogP contribution in [-0.4, -0.2) is 16.8 Å². The fourth-order valence-corrected chi connectivity index (χ4v) is 2.64. The van der Waals surface area contributed by atoms with E-state index in [1.807, 2.05) is 24.3 Å². The van der Waals surface area contributed by atoms with Crippen molar-refractivity contribution in [2.45, 2.75) is 0 Å². The first kappa shape index (κ1) is 13.7. The molecular weight excluding hydrogens is 314 g/mol. The number of benzene rings is 2. The lowest BCUT2D eigenvalue weighted by Crippen LogP contribution is -1.92. The van der Waals surface area contributed by atoms with E-state index in [1.54, 1.807) is 18.2 Å². The summed E-state index contributed by atoms with van der Waals surface area (Å²) in [5.41, 5.74) is 2.75. The highest BCUT2D eigenvalue weighted by atomic mass is 35.5. The average Bonchev–Trinajstić information content (AvgIpc) is 3.18. The maximum Gasteiger partial charge on any atom is 0.231 e. The van der Waals surface area contributed by atoms with Crippen LogP contribution >= 0.6 is 11.6 Å². The highest BCUT2D eigenvalue weighted by molar-refractivity contribution is 6.32. The molecular formula is C17H10ClN3O2. The summed E-state index contributed by atoms with van der Waals surface area (Å²) in [6, 6.07) is 13.2. The number of rotatable bonds is 2. The van der Waals surface area contributed by atoms with Crippen LogP contribution in [0.25, 0.3) is 22.7 Å². The molecule has 0 radical (unpaired) electrons. The summed E-state index contributed by atoms with van der Waals surface area (Å²) < 4.78 is 10.6. The van der Waals surface area contributed by atoms with E-state index in [0.717, 1.165) is 11.0 Å². The minimum Gasteiger partial charge on any atom is -0.454 e. The molecule has 23 heavy (non-hydrogen) atoms. The second-order valence-corrected chi connectivity index (χ2v) is 5.41. The summed E-state index contributed by atoms with van der Waals surface area (Å²) in [5, 5.41) is 9.96. The fourth-order valence-electron chi connectivity index (χ4n) is 2.43. The van der Waals surface area contributed by atoms with E-state index in [-0.39, 0.29) is 6.79 Å². The molecule has 0 bridgehead atoms. The number of allylic oxidation sites excluding steroid dienone is 1. The van der Waals surface area contributed by atoms with Gasteiger partial charge in [-0.25, -0.2) is 4.98 Å². The Morgan fingerprint density at radius 1 is 1.26 bits per heavy atom. The topological polar surface area (TPSA) is 70.9 Å². The van der Waals surface area contributed by atoms with Crippen molar-refractivity contribution in [3.8, 4) is 17.6 Å². The Hall–Kier alpha value is -2.97. The number of fused-ring (bicyclic) bond motifs is 2. The number of H-pyrrole nitrogens is 1. The Bertz CT molecular complexity index is 952. The van der Waals surface area contributed by atoms with E-state index in [1.165, 1.54) is 0 Å². The molecule has 0 aliphatic carbocycles. The third kappa shape index (κ3) is 2.39. The van der Waals surface area contributed by atoms with Crippen LogP contribution in [0.5, 0.6) is 11.5 Å². The van der Waals surface area contributed by atoms with Gasteiger partial charge >= 0.3 is 0 Å². The highest BCUT2D eigenvalue weighted by Crippen LogP contribution is 2.38. The van der Waals surface area contributed by atoms with Crippen LogP contribution in [-0.2, 0) is 0 Å². The van der Waals surface area contributed by atoms with Crippen molar-refractivity contribution >= 4 is 34.3 Å². The lowest BCUT2D eigenvalue weighted by Gasteiger charge is -2.02. The summed E-state index contributed by atoms with van der Waals surface area (Å²) in [5.74, 6) is 1.72. The number of ether oxygens (including phenoxy) is 2. The molecule has 5 nitrogen and oxygen atoms in total. The van der Waals surface area contributed by atoms with Gasteiger partial charge in [0, 0.05) is 6.07 Å². The number of imidazole rings is 1. The molecule has 0 fully saturated rings. The first-order chi connectivity index (χ1) is 11.2. The van der Waals surface area contributed by atoms with Crippen molar-refractivity contribution in [1.82, 2.24) is 9.97 Å². The number of hydrogen-bond acceptors (Lipinski definition) is 4. The van der Waals surface area contributed by atoms with Crippen LogP contribution in [0.15, 0.2) is 36.4 Å². The molecule has 1 N–H and O–H groups in total. The Kier molecular flexibility index (Phi) is 3.18. The van der Waals surface area contributed by atoms with Crippen LogP contribution < -0.4 is 9.47 Å². The number of aromatic amines is 1. The number of nitrogens with one attached hydrogen (secondary N) is 1. The summed E-state index contributed by atoms with van der Waals surface area (Å²) in [6.45, 7) is 0.174. The number of para-hydroxylation sites is 2. The zero-order valence-electron chi connectivity index (χ0n) is 11.8. The Morgan fingerprint density at radius 2 is 2.04 bits per heavy atom. The third-order valence-electron chi connectivity index (χ3n) is 3.56. The zero-order chi connectivity index (χ0) is 15.8. The van der Waals surface area contributed by atoms with Crippen LogP contribution in [0, 0.1) is 11.3 Å². The molecule has 2 aromatic carbocycles. The molecule has 1 aliphatic rings. The van der Waals surface area contributed by atoms with Crippen molar-refractivity contribution in [3.63, 3.8) is 0 Å². The first-order valence-corrected chi connectivity index (χ1v) is 7.28. The van der Waals surface area contributed by atoms with Gasteiger partial charge in [0.05, 0.1) is 21.6 Å². The number of halogens is 1. The minimum atomic E-state index is 0.174. The van der Waals surface area contributed by atoms with Gasteiger partial charge in [0.1, 0.15) is 11.9 Å². The lowest BCUT2D eigenvalue weighted by atomic mass is 10.1. The Balaban J connectivity index is 1.80. The van der Waals surface area contributed by atoms with Crippen LogP contribution in [0.2, 0.25) is 5.02 Å². The largest absolute Gasteiger partial charge is 0.454 e. The molecule has 0 atom stereocenters. The number of aromatic nitrogens is 2. The maximum absolute atomic E-state index is 9.47. The molecule has 0 saturated carbocycles. The number of nitriles is 1. The van der Waals surface area contributed by atoms with Gasteiger partial charge in [-0.2, -0.15) is 5.26 Å². The van der Waals surface area contributed by atoms with Crippen molar-refractivity contribution in [2.24, 2.45) is 0 Å². The van der Waals surface area contributed by atoms with E-state index in [0.29, 0.717) is 33.5 Å². The standard InChI is InChI=1S/C17H10ClN3O2/c18-12-7-16-15(22-9-23-16)6-10(12)5-11(8-19)17-20-13-3-1-2-4-14(13)21-17/h1-7H,9H2,(H,20,21)/b11-5-. The van der Waals surface area contributed by atoms with Crippen LogP contribution in [0.3, 0.4) is 0 Å². The summed E-state index contributed by atoms with van der Waals surface area (Å²) >= 11 is 6.25. The van der Waals surface area contributed by atoms with E-state index >= 15 is 0 Å². The highest BCUT2D eigenvalue weighted by Gasteiger charge is 2.17. The number of hydrogen-bond donors (Lipinski definition) is 1. The van der Waals surface area contributed by atoms with Gasteiger partial charge < -0.3 is 14.5 Å². The molecule has 0 spiro atoms. The van der Waals surface area contributed by atoms with Crippen molar-refractivity contribution < 1.29 is 9.47 Å².